The third-order valence-corrected chi connectivity index (χ3v) is 3.58. The number of ether oxygens (including phenoxy) is 1. The smallest absolute Gasteiger partial charge is 0.205 e. The van der Waals surface area contributed by atoms with Crippen molar-refractivity contribution in [3.8, 4) is 0 Å². The van der Waals surface area contributed by atoms with Crippen LogP contribution in [-0.2, 0) is 11.2 Å². The zero-order valence-corrected chi connectivity index (χ0v) is 10.5. The summed E-state index contributed by atoms with van der Waals surface area (Å²) in [5.74, 6) is 0.919. The number of hydrogen-bond donors (Lipinski definition) is 1. The Bertz CT molecular complexity index is 343. The first-order chi connectivity index (χ1) is 7.74. The molecule has 0 aliphatic carbocycles. The van der Waals surface area contributed by atoms with E-state index in [9.17, 15) is 0 Å². The highest BCUT2D eigenvalue weighted by Gasteiger charge is 2.27. The largest absolute Gasteiger partial charge is 0.373 e. The van der Waals surface area contributed by atoms with Crippen LogP contribution in [0.3, 0.4) is 0 Å². The fourth-order valence-electron chi connectivity index (χ4n) is 1.73. The van der Waals surface area contributed by atoms with Crippen molar-refractivity contribution in [2.45, 2.75) is 32.4 Å². The number of nitrogens with zero attached hydrogens (tertiary/aromatic N) is 3. The normalized spacial score (nSPS) is 26.1. The van der Waals surface area contributed by atoms with Gasteiger partial charge < -0.3 is 15.4 Å². The van der Waals surface area contributed by atoms with Crippen LogP contribution in [0.2, 0.25) is 0 Å². The van der Waals surface area contributed by atoms with Gasteiger partial charge in [0.1, 0.15) is 5.82 Å². The van der Waals surface area contributed by atoms with Gasteiger partial charge in [-0.25, -0.2) is 4.98 Å². The lowest BCUT2D eigenvalue weighted by Gasteiger charge is -2.37. The Hall–Kier alpha value is -0.720. The van der Waals surface area contributed by atoms with E-state index in [1.54, 1.807) is 0 Å². The highest BCUT2D eigenvalue weighted by Crippen LogP contribution is 2.23. The molecule has 0 radical (unpaired) electrons. The second-order valence-corrected chi connectivity index (χ2v) is 4.77. The molecule has 1 fully saturated rings. The summed E-state index contributed by atoms with van der Waals surface area (Å²) in [7, 11) is 0. The van der Waals surface area contributed by atoms with Crippen molar-refractivity contribution < 1.29 is 4.74 Å². The maximum atomic E-state index is 5.64. The minimum atomic E-state index is 0.116. The molecule has 1 aliphatic rings. The number of nitrogens with two attached hydrogens (primary N) is 1. The summed E-state index contributed by atoms with van der Waals surface area (Å²) in [6.45, 7) is 6.29. The van der Waals surface area contributed by atoms with E-state index in [1.165, 1.54) is 11.5 Å². The minimum absolute atomic E-state index is 0.116. The van der Waals surface area contributed by atoms with Crippen molar-refractivity contribution in [3.63, 3.8) is 0 Å². The van der Waals surface area contributed by atoms with Gasteiger partial charge in [0.15, 0.2) is 0 Å². The van der Waals surface area contributed by atoms with Gasteiger partial charge in [0.25, 0.3) is 0 Å². The van der Waals surface area contributed by atoms with Gasteiger partial charge in [-0.3, -0.25) is 0 Å². The molecular weight excluding hydrogens is 224 g/mol. The summed E-state index contributed by atoms with van der Waals surface area (Å²) in [6.07, 6.45) is 1.00. The van der Waals surface area contributed by atoms with E-state index < -0.39 is 0 Å². The summed E-state index contributed by atoms with van der Waals surface area (Å²) in [5, 5.41) is 0.992. The zero-order valence-electron chi connectivity index (χ0n) is 9.72. The van der Waals surface area contributed by atoms with Gasteiger partial charge in [-0.2, -0.15) is 4.37 Å². The Morgan fingerprint density at radius 2 is 2.44 bits per heavy atom. The van der Waals surface area contributed by atoms with Crippen molar-refractivity contribution in [1.29, 1.82) is 0 Å². The fraction of sp³-hybridized carbons (Fsp3) is 0.800. The molecule has 1 saturated heterocycles. The highest BCUT2D eigenvalue weighted by atomic mass is 32.1. The number of hydrogen-bond acceptors (Lipinski definition) is 6. The maximum absolute atomic E-state index is 5.64. The fourth-order valence-corrected chi connectivity index (χ4v) is 2.59. The molecular formula is C10H18N4OS. The van der Waals surface area contributed by atoms with E-state index in [0.29, 0.717) is 19.2 Å². The van der Waals surface area contributed by atoms with Crippen molar-refractivity contribution in [3.05, 3.63) is 5.82 Å². The molecule has 90 valence electrons. The Balaban J connectivity index is 2.11. The second kappa shape index (κ2) is 5.07. The van der Waals surface area contributed by atoms with E-state index in [1.807, 2.05) is 0 Å². The molecule has 2 N–H and O–H groups in total. The van der Waals surface area contributed by atoms with Crippen molar-refractivity contribution in [1.82, 2.24) is 9.36 Å². The van der Waals surface area contributed by atoms with Gasteiger partial charge in [-0.05, 0) is 6.92 Å². The van der Waals surface area contributed by atoms with Crippen LogP contribution in [0.15, 0.2) is 0 Å². The van der Waals surface area contributed by atoms with E-state index in [-0.39, 0.29) is 6.10 Å². The van der Waals surface area contributed by atoms with Gasteiger partial charge in [0, 0.05) is 31.0 Å². The lowest BCUT2D eigenvalue weighted by atomic mass is 10.2. The third kappa shape index (κ3) is 2.34. The van der Waals surface area contributed by atoms with Crippen molar-refractivity contribution in [2.24, 2.45) is 5.73 Å². The number of morpholine rings is 1. The van der Waals surface area contributed by atoms with Crippen LogP contribution < -0.4 is 10.6 Å². The first-order valence-corrected chi connectivity index (χ1v) is 6.42. The Kier molecular flexibility index (Phi) is 3.73. The number of aromatic nitrogens is 2. The SMILES string of the molecule is CCc1nsc(N2CC(CN)OCC2C)n1. The van der Waals surface area contributed by atoms with Crippen LogP contribution >= 0.6 is 11.5 Å². The quantitative estimate of drug-likeness (QED) is 0.843. The zero-order chi connectivity index (χ0) is 11.5. The third-order valence-electron chi connectivity index (χ3n) is 2.79. The number of aryl methyl sites for hydroxylation is 1. The summed E-state index contributed by atoms with van der Waals surface area (Å²) >= 11 is 1.47. The van der Waals surface area contributed by atoms with Crippen LogP contribution in [0.5, 0.6) is 0 Å². The van der Waals surface area contributed by atoms with Gasteiger partial charge in [0.05, 0.1) is 18.8 Å². The van der Waals surface area contributed by atoms with Crippen molar-refractivity contribution in [2.75, 3.05) is 24.6 Å². The molecule has 5 nitrogen and oxygen atoms in total. The summed E-state index contributed by atoms with van der Waals surface area (Å²) in [5.41, 5.74) is 5.64. The molecule has 2 heterocycles. The molecule has 6 heteroatoms. The predicted octanol–water partition coefficient (Wildman–Crippen LogP) is 0.653. The maximum Gasteiger partial charge on any atom is 0.205 e. The van der Waals surface area contributed by atoms with E-state index >= 15 is 0 Å². The predicted molar refractivity (Wildman–Crippen MR) is 64.9 cm³/mol. The van der Waals surface area contributed by atoms with Crippen LogP contribution in [-0.4, -0.2) is 41.2 Å². The number of rotatable bonds is 3. The summed E-state index contributed by atoms with van der Waals surface area (Å²) in [4.78, 5) is 6.76. The minimum Gasteiger partial charge on any atom is -0.373 e. The van der Waals surface area contributed by atoms with Crippen LogP contribution in [0, 0.1) is 0 Å². The summed E-state index contributed by atoms with van der Waals surface area (Å²) < 4.78 is 9.93. The van der Waals surface area contributed by atoms with E-state index in [4.69, 9.17) is 10.5 Å². The van der Waals surface area contributed by atoms with Crippen LogP contribution in [0.1, 0.15) is 19.7 Å². The first kappa shape index (κ1) is 11.8. The molecule has 1 aromatic heterocycles. The molecule has 0 bridgehead atoms. The molecule has 2 unspecified atom stereocenters. The molecule has 1 aliphatic heterocycles. The van der Waals surface area contributed by atoms with Gasteiger partial charge in [-0.1, -0.05) is 6.92 Å². The Morgan fingerprint density at radius 1 is 1.62 bits per heavy atom. The molecule has 2 atom stereocenters. The lowest BCUT2D eigenvalue weighted by Crippen LogP contribution is -2.50. The van der Waals surface area contributed by atoms with E-state index in [2.05, 4.69) is 28.1 Å². The van der Waals surface area contributed by atoms with E-state index in [0.717, 1.165) is 23.9 Å². The topological polar surface area (TPSA) is 64.3 Å². The van der Waals surface area contributed by atoms with Crippen LogP contribution in [0.4, 0.5) is 5.13 Å². The molecule has 0 saturated carbocycles. The summed E-state index contributed by atoms with van der Waals surface area (Å²) in [6, 6.07) is 0.348. The van der Waals surface area contributed by atoms with Crippen molar-refractivity contribution >= 4 is 16.7 Å². The average Bonchev–Trinajstić information content (AvgIpc) is 2.78. The van der Waals surface area contributed by atoms with Gasteiger partial charge in [0.2, 0.25) is 5.13 Å². The van der Waals surface area contributed by atoms with Gasteiger partial charge in [-0.15, -0.1) is 0 Å². The second-order valence-electron chi connectivity index (χ2n) is 4.04. The highest BCUT2D eigenvalue weighted by molar-refractivity contribution is 7.09. The lowest BCUT2D eigenvalue weighted by molar-refractivity contribution is 0.0283. The Morgan fingerprint density at radius 3 is 3.06 bits per heavy atom. The van der Waals surface area contributed by atoms with Gasteiger partial charge >= 0.3 is 0 Å². The molecule has 2 rings (SSSR count). The number of anilines is 1. The molecule has 0 aromatic carbocycles. The molecule has 1 aromatic rings. The average molecular weight is 242 g/mol. The first-order valence-electron chi connectivity index (χ1n) is 5.65. The standard InChI is InChI=1S/C10H18N4OS/c1-3-9-12-10(16-13-9)14-5-8(4-11)15-6-7(14)2/h7-8H,3-6,11H2,1-2H3. The molecule has 0 amide bonds. The molecule has 16 heavy (non-hydrogen) atoms. The Labute approximate surface area is 99.8 Å². The molecule has 0 spiro atoms. The van der Waals surface area contributed by atoms with Crippen LogP contribution in [0.25, 0.3) is 0 Å². The monoisotopic (exact) mass is 242 g/mol.